The molecule has 2 atom stereocenters. The normalized spacial score (nSPS) is 21.7. The molecule has 1 aromatic carbocycles. The fourth-order valence-electron chi connectivity index (χ4n) is 2.59. The Morgan fingerprint density at radius 3 is 2.56 bits per heavy atom. The summed E-state index contributed by atoms with van der Waals surface area (Å²) in [5.74, 6) is 1.08. The Morgan fingerprint density at radius 2 is 2.06 bits per heavy atom. The van der Waals surface area contributed by atoms with Gasteiger partial charge in [-0.1, -0.05) is 19.9 Å². The molecular formula is C15H22FNO. The van der Waals surface area contributed by atoms with Crippen LogP contribution in [-0.2, 0) is 0 Å². The van der Waals surface area contributed by atoms with Crippen LogP contribution in [0.25, 0.3) is 0 Å². The molecule has 1 fully saturated rings. The van der Waals surface area contributed by atoms with Gasteiger partial charge in [0.1, 0.15) is 5.82 Å². The lowest BCUT2D eigenvalue weighted by Crippen LogP contribution is -2.22. The third-order valence-electron chi connectivity index (χ3n) is 3.96. The Morgan fingerprint density at radius 1 is 1.33 bits per heavy atom. The molecule has 1 saturated heterocycles. The molecule has 0 radical (unpaired) electrons. The lowest BCUT2D eigenvalue weighted by molar-refractivity contribution is 0.199. The van der Waals surface area contributed by atoms with Gasteiger partial charge in [-0.15, -0.1) is 0 Å². The number of aliphatic hydroxyl groups is 1. The highest BCUT2D eigenvalue weighted by atomic mass is 19.1. The number of hydrogen-bond acceptors (Lipinski definition) is 2. The summed E-state index contributed by atoms with van der Waals surface area (Å²) in [4.78, 5) is 2.12. The van der Waals surface area contributed by atoms with Crippen molar-refractivity contribution in [2.45, 2.75) is 33.3 Å². The minimum absolute atomic E-state index is 0.224. The first-order valence-electron chi connectivity index (χ1n) is 6.71. The summed E-state index contributed by atoms with van der Waals surface area (Å²) in [6.45, 7) is 7.96. The molecule has 1 aliphatic heterocycles. The van der Waals surface area contributed by atoms with Crippen LogP contribution >= 0.6 is 0 Å². The van der Waals surface area contributed by atoms with Crippen LogP contribution in [0.5, 0.6) is 0 Å². The van der Waals surface area contributed by atoms with Crippen LogP contribution in [0, 0.1) is 17.7 Å². The molecule has 1 aromatic rings. The van der Waals surface area contributed by atoms with Gasteiger partial charge in [0.15, 0.2) is 0 Å². The molecule has 2 nitrogen and oxygen atoms in total. The second-order valence-electron chi connectivity index (χ2n) is 5.63. The minimum atomic E-state index is -0.615. The van der Waals surface area contributed by atoms with Crippen LogP contribution in [0.4, 0.5) is 10.1 Å². The summed E-state index contributed by atoms with van der Waals surface area (Å²) in [6.07, 6.45) is 0.519. The summed E-state index contributed by atoms with van der Waals surface area (Å²) in [6, 6.07) is 5.05. The van der Waals surface area contributed by atoms with Gasteiger partial charge in [-0.3, -0.25) is 0 Å². The number of hydrogen-bond donors (Lipinski definition) is 1. The van der Waals surface area contributed by atoms with Crippen LogP contribution in [-0.4, -0.2) is 18.2 Å². The molecule has 0 saturated carbocycles. The monoisotopic (exact) mass is 251 g/mol. The zero-order valence-corrected chi connectivity index (χ0v) is 11.4. The van der Waals surface area contributed by atoms with Gasteiger partial charge in [-0.05, 0) is 42.9 Å². The second kappa shape index (κ2) is 5.27. The van der Waals surface area contributed by atoms with Crippen LogP contribution in [0.15, 0.2) is 18.2 Å². The van der Waals surface area contributed by atoms with Crippen LogP contribution in [0.3, 0.4) is 0 Å². The van der Waals surface area contributed by atoms with Crippen LogP contribution < -0.4 is 4.90 Å². The van der Waals surface area contributed by atoms with E-state index in [1.54, 1.807) is 13.0 Å². The van der Waals surface area contributed by atoms with Gasteiger partial charge in [-0.2, -0.15) is 0 Å². The number of anilines is 1. The summed E-state index contributed by atoms with van der Waals surface area (Å²) in [5.41, 5.74) is 1.30. The van der Waals surface area contributed by atoms with E-state index in [1.165, 1.54) is 6.07 Å². The first-order valence-corrected chi connectivity index (χ1v) is 6.71. The van der Waals surface area contributed by atoms with Crippen molar-refractivity contribution in [2.75, 3.05) is 18.0 Å². The average molecular weight is 251 g/mol. The SMILES string of the molecule is CC(O)c1ccc(N2CCC(C(C)C)C2)c(F)c1. The van der Waals surface area contributed by atoms with E-state index in [0.717, 1.165) is 19.5 Å². The van der Waals surface area contributed by atoms with Gasteiger partial charge in [0, 0.05) is 13.1 Å². The lowest BCUT2D eigenvalue weighted by atomic mass is 9.95. The molecule has 100 valence electrons. The molecule has 18 heavy (non-hydrogen) atoms. The quantitative estimate of drug-likeness (QED) is 0.890. The molecule has 0 aromatic heterocycles. The Hall–Kier alpha value is -1.09. The molecule has 3 heteroatoms. The number of nitrogens with zero attached hydrogens (tertiary/aromatic N) is 1. The summed E-state index contributed by atoms with van der Waals surface area (Å²) in [7, 11) is 0. The largest absolute Gasteiger partial charge is 0.389 e. The summed E-state index contributed by atoms with van der Waals surface area (Å²) < 4.78 is 14.0. The highest BCUT2D eigenvalue weighted by molar-refractivity contribution is 5.50. The summed E-state index contributed by atoms with van der Waals surface area (Å²) in [5, 5.41) is 9.44. The van der Waals surface area contributed by atoms with E-state index in [9.17, 15) is 9.50 Å². The van der Waals surface area contributed by atoms with E-state index in [0.29, 0.717) is 23.1 Å². The fourth-order valence-corrected chi connectivity index (χ4v) is 2.59. The average Bonchev–Trinajstić information content (AvgIpc) is 2.78. The van der Waals surface area contributed by atoms with Crippen molar-refractivity contribution < 1.29 is 9.50 Å². The lowest BCUT2D eigenvalue weighted by Gasteiger charge is -2.21. The Bertz CT molecular complexity index is 417. The maximum Gasteiger partial charge on any atom is 0.146 e. The number of aliphatic hydroxyl groups excluding tert-OH is 1. The zero-order valence-electron chi connectivity index (χ0n) is 11.4. The van der Waals surface area contributed by atoms with Crippen molar-refractivity contribution in [1.82, 2.24) is 0 Å². The van der Waals surface area contributed by atoms with Gasteiger partial charge in [0.25, 0.3) is 0 Å². The first-order chi connectivity index (χ1) is 8.49. The number of benzene rings is 1. The predicted molar refractivity (Wildman–Crippen MR) is 72.2 cm³/mol. The van der Waals surface area contributed by atoms with Gasteiger partial charge < -0.3 is 10.0 Å². The topological polar surface area (TPSA) is 23.5 Å². The Labute approximate surface area is 108 Å². The maximum atomic E-state index is 14.0. The smallest absolute Gasteiger partial charge is 0.146 e. The third kappa shape index (κ3) is 2.66. The van der Waals surface area contributed by atoms with Crippen molar-refractivity contribution in [1.29, 1.82) is 0 Å². The molecule has 1 heterocycles. The van der Waals surface area contributed by atoms with Crippen molar-refractivity contribution in [3.05, 3.63) is 29.6 Å². The molecular weight excluding hydrogens is 229 g/mol. The van der Waals surface area contributed by atoms with Gasteiger partial charge >= 0.3 is 0 Å². The van der Waals surface area contributed by atoms with Crippen LogP contribution in [0.2, 0.25) is 0 Å². The van der Waals surface area contributed by atoms with Gasteiger partial charge in [0.05, 0.1) is 11.8 Å². The number of rotatable bonds is 3. The molecule has 1 N–H and O–H groups in total. The minimum Gasteiger partial charge on any atom is -0.389 e. The van der Waals surface area contributed by atoms with Gasteiger partial charge in [0.2, 0.25) is 0 Å². The molecule has 0 amide bonds. The van der Waals surface area contributed by atoms with Crippen molar-refractivity contribution in [3.63, 3.8) is 0 Å². The highest BCUT2D eigenvalue weighted by Gasteiger charge is 2.26. The molecule has 2 rings (SSSR count). The zero-order chi connectivity index (χ0) is 13.3. The second-order valence-corrected chi connectivity index (χ2v) is 5.63. The molecule has 0 bridgehead atoms. The fraction of sp³-hybridized carbons (Fsp3) is 0.600. The van der Waals surface area contributed by atoms with E-state index in [1.807, 2.05) is 6.07 Å². The maximum absolute atomic E-state index is 14.0. The van der Waals surface area contributed by atoms with E-state index in [-0.39, 0.29) is 5.82 Å². The van der Waals surface area contributed by atoms with Crippen molar-refractivity contribution in [3.8, 4) is 0 Å². The molecule has 2 unspecified atom stereocenters. The molecule has 0 spiro atoms. The standard InChI is InChI=1S/C15H22FNO/c1-10(2)13-6-7-17(9-13)15-5-4-12(11(3)18)8-14(15)16/h4-5,8,10-11,13,18H,6-7,9H2,1-3H3. The van der Waals surface area contributed by atoms with E-state index >= 15 is 0 Å². The van der Waals surface area contributed by atoms with Crippen LogP contribution in [0.1, 0.15) is 38.9 Å². The first kappa shape index (κ1) is 13.3. The predicted octanol–water partition coefficient (Wildman–Crippen LogP) is 3.36. The van der Waals surface area contributed by atoms with E-state index in [4.69, 9.17) is 0 Å². The van der Waals surface area contributed by atoms with Crippen molar-refractivity contribution >= 4 is 5.69 Å². The van der Waals surface area contributed by atoms with Gasteiger partial charge in [-0.25, -0.2) is 4.39 Å². The molecule has 1 aliphatic rings. The highest BCUT2D eigenvalue weighted by Crippen LogP contribution is 2.31. The Balaban J connectivity index is 2.15. The summed E-state index contributed by atoms with van der Waals surface area (Å²) >= 11 is 0. The van der Waals surface area contributed by atoms with Crippen molar-refractivity contribution in [2.24, 2.45) is 11.8 Å². The Kier molecular flexibility index (Phi) is 3.91. The van der Waals surface area contributed by atoms with E-state index < -0.39 is 6.10 Å². The number of halogens is 1. The molecule has 0 aliphatic carbocycles. The third-order valence-corrected chi connectivity index (χ3v) is 3.96. The van der Waals surface area contributed by atoms with E-state index in [2.05, 4.69) is 18.7 Å².